The molecule has 30 heavy (non-hydrogen) atoms. The lowest BCUT2D eigenvalue weighted by molar-refractivity contribution is -0.128. The predicted octanol–water partition coefficient (Wildman–Crippen LogP) is 4.58. The third-order valence-electron chi connectivity index (χ3n) is 4.10. The van der Waals surface area contributed by atoms with Crippen LogP contribution in [0.1, 0.15) is 11.1 Å². The van der Waals surface area contributed by atoms with Gasteiger partial charge in [0.15, 0.2) is 5.11 Å². The van der Waals surface area contributed by atoms with E-state index in [9.17, 15) is 14.0 Å². The summed E-state index contributed by atoms with van der Waals surface area (Å²) in [5.41, 5.74) is 1.31. The van der Waals surface area contributed by atoms with Gasteiger partial charge >= 0.3 is 0 Å². The van der Waals surface area contributed by atoms with Crippen LogP contribution in [0.4, 0.5) is 4.39 Å². The number of ether oxygens (including phenoxy) is 1. The SMILES string of the molecule is C=CCN1C(=O)/C(=C/c2cc(Br)c(OCc3cccc(F)c3)c(I)c2)C(=O)NC1=S. The minimum Gasteiger partial charge on any atom is -0.487 e. The summed E-state index contributed by atoms with van der Waals surface area (Å²) in [6.07, 6.45) is 3.03. The highest BCUT2D eigenvalue weighted by Gasteiger charge is 2.32. The Labute approximate surface area is 200 Å². The number of hydrogen-bond donors (Lipinski definition) is 1. The molecule has 2 aromatic carbocycles. The van der Waals surface area contributed by atoms with Crippen molar-refractivity contribution in [3.63, 3.8) is 0 Å². The van der Waals surface area contributed by atoms with E-state index in [1.807, 2.05) is 0 Å². The molecule has 0 spiro atoms. The zero-order chi connectivity index (χ0) is 21.8. The summed E-state index contributed by atoms with van der Waals surface area (Å²) in [4.78, 5) is 26.2. The standard InChI is InChI=1S/C21H15BrFIN2O3S/c1-2-6-26-20(28)15(19(27)25-21(26)30)8-13-9-16(22)18(17(24)10-13)29-11-12-4-3-5-14(23)7-12/h2-5,7-10H,1,6,11H2,(H,25,27,30)/b15-8+. The number of amides is 2. The van der Waals surface area contributed by atoms with E-state index in [1.165, 1.54) is 29.2 Å². The van der Waals surface area contributed by atoms with Gasteiger partial charge in [0.05, 0.1) is 8.04 Å². The summed E-state index contributed by atoms with van der Waals surface area (Å²) in [6, 6.07) is 9.70. The topological polar surface area (TPSA) is 58.6 Å². The Hall–Kier alpha value is -2.11. The number of nitrogens with one attached hydrogen (secondary N) is 1. The normalized spacial score (nSPS) is 15.4. The Bertz CT molecular complexity index is 1070. The minimum atomic E-state index is -0.553. The smallest absolute Gasteiger partial charge is 0.265 e. The van der Waals surface area contributed by atoms with Gasteiger partial charge in [0.2, 0.25) is 0 Å². The van der Waals surface area contributed by atoms with Crippen molar-refractivity contribution < 1.29 is 18.7 Å². The molecule has 1 aliphatic heterocycles. The molecule has 2 amide bonds. The second-order valence-electron chi connectivity index (χ2n) is 6.25. The van der Waals surface area contributed by atoms with Gasteiger partial charge in [-0.15, -0.1) is 6.58 Å². The van der Waals surface area contributed by atoms with E-state index in [2.05, 4.69) is 50.4 Å². The number of hydrogen-bond acceptors (Lipinski definition) is 4. The fraction of sp³-hybridized carbons (Fsp3) is 0.0952. The van der Waals surface area contributed by atoms with Gasteiger partial charge in [-0.1, -0.05) is 18.2 Å². The van der Waals surface area contributed by atoms with Gasteiger partial charge in [-0.3, -0.25) is 19.8 Å². The van der Waals surface area contributed by atoms with Crippen LogP contribution < -0.4 is 10.1 Å². The third-order valence-corrected chi connectivity index (χ3v) is 5.81. The Morgan fingerprint density at radius 1 is 1.30 bits per heavy atom. The minimum absolute atomic E-state index is 0.0263. The van der Waals surface area contributed by atoms with Crippen LogP contribution in [0.2, 0.25) is 0 Å². The zero-order valence-corrected chi connectivity index (χ0v) is 20.0. The highest BCUT2D eigenvalue weighted by atomic mass is 127. The molecular weight excluding hydrogens is 586 g/mol. The van der Waals surface area contributed by atoms with Crippen LogP contribution in [0.3, 0.4) is 0 Å². The molecule has 1 saturated heterocycles. The molecule has 3 rings (SSSR count). The fourth-order valence-corrected chi connectivity index (χ4v) is 4.76. The fourth-order valence-electron chi connectivity index (χ4n) is 2.74. The van der Waals surface area contributed by atoms with Gasteiger partial charge < -0.3 is 4.74 Å². The first-order valence-corrected chi connectivity index (χ1v) is 10.9. The summed E-state index contributed by atoms with van der Waals surface area (Å²) in [5, 5.41) is 2.57. The second-order valence-corrected chi connectivity index (χ2v) is 8.66. The quantitative estimate of drug-likeness (QED) is 0.173. The van der Waals surface area contributed by atoms with E-state index in [4.69, 9.17) is 17.0 Å². The second kappa shape index (κ2) is 9.80. The Kier molecular flexibility index (Phi) is 7.37. The molecule has 1 aliphatic rings. The molecular formula is C21H15BrFIN2O3S. The number of benzene rings is 2. The van der Waals surface area contributed by atoms with Crippen LogP contribution in [0.25, 0.3) is 6.08 Å². The van der Waals surface area contributed by atoms with E-state index in [0.29, 0.717) is 21.3 Å². The molecule has 5 nitrogen and oxygen atoms in total. The van der Waals surface area contributed by atoms with E-state index < -0.39 is 11.8 Å². The van der Waals surface area contributed by atoms with Crippen molar-refractivity contribution in [1.29, 1.82) is 0 Å². The summed E-state index contributed by atoms with van der Waals surface area (Å²) >= 11 is 10.6. The molecule has 154 valence electrons. The lowest BCUT2D eigenvalue weighted by Gasteiger charge is -2.27. The molecule has 0 atom stereocenters. The molecule has 0 aromatic heterocycles. The van der Waals surface area contributed by atoms with Crippen molar-refractivity contribution in [3.05, 3.63) is 79.6 Å². The largest absolute Gasteiger partial charge is 0.487 e. The lowest BCUT2D eigenvalue weighted by atomic mass is 10.1. The van der Waals surface area contributed by atoms with Gasteiger partial charge in [-0.05, 0) is 92.2 Å². The summed E-state index contributed by atoms with van der Waals surface area (Å²) in [5.74, 6) is -0.785. The van der Waals surface area contributed by atoms with E-state index >= 15 is 0 Å². The third kappa shape index (κ3) is 5.13. The number of halogens is 3. The Morgan fingerprint density at radius 2 is 2.07 bits per heavy atom. The molecule has 0 unspecified atom stereocenters. The van der Waals surface area contributed by atoms with Crippen molar-refractivity contribution in [2.24, 2.45) is 0 Å². The molecule has 1 N–H and O–H groups in total. The monoisotopic (exact) mass is 600 g/mol. The number of rotatable bonds is 6. The van der Waals surface area contributed by atoms with Crippen molar-refractivity contribution in [3.8, 4) is 5.75 Å². The first-order valence-electron chi connectivity index (χ1n) is 8.66. The van der Waals surface area contributed by atoms with Crippen LogP contribution in [0, 0.1) is 9.39 Å². The van der Waals surface area contributed by atoms with Crippen molar-refractivity contribution in [2.75, 3.05) is 6.54 Å². The molecule has 1 fully saturated rings. The van der Waals surface area contributed by atoms with Crippen LogP contribution in [0.5, 0.6) is 5.75 Å². The van der Waals surface area contributed by atoms with Crippen LogP contribution in [-0.4, -0.2) is 28.4 Å². The summed E-state index contributed by atoms with van der Waals surface area (Å²) in [7, 11) is 0. The van der Waals surface area contributed by atoms with Gasteiger partial charge in [0.25, 0.3) is 11.8 Å². The maximum absolute atomic E-state index is 13.3. The molecule has 0 radical (unpaired) electrons. The molecule has 2 aromatic rings. The zero-order valence-electron chi connectivity index (χ0n) is 15.5. The van der Waals surface area contributed by atoms with E-state index in [1.54, 1.807) is 24.3 Å². The Morgan fingerprint density at radius 3 is 2.73 bits per heavy atom. The van der Waals surface area contributed by atoms with Gasteiger partial charge in [0, 0.05) is 6.54 Å². The van der Waals surface area contributed by atoms with Crippen molar-refractivity contribution in [1.82, 2.24) is 10.2 Å². The number of carbonyl (C=O) groups is 2. The Balaban J connectivity index is 1.85. The molecule has 1 heterocycles. The average Bonchev–Trinajstić information content (AvgIpc) is 2.68. The number of nitrogens with zero attached hydrogens (tertiary/aromatic N) is 1. The number of carbonyl (C=O) groups excluding carboxylic acids is 2. The first-order chi connectivity index (χ1) is 14.3. The van der Waals surface area contributed by atoms with E-state index in [0.717, 1.165) is 3.57 Å². The van der Waals surface area contributed by atoms with Crippen molar-refractivity contribution in [2.45, 2.75) is 6.61 Å². The highest BCUT2D eigenvalue weighted by Crippen LogP contribution is 2.33. The maximum atomic E-state index is 13.3. The lowest BCUT2D eigenvalue weighted by Crippen LogP contribution is -2.53. The first kappa shape index (κ1) is 22.6. The van der Waals surface area contributed by atoms with Crippen LogP contribution in [0.15, 0.2) is 59.1 Å². The van der Waals surface area contributed by atoms with Gasteiger partial charge in [0.1, 0.15) is 23.7 Å². The summed E-state index contributed by atoms with van der Waals surface area (Å²) < 4.78 is 20.6. The number of thiocarbonyl (C=S) groups is 1. The predicted molar refractivity (Wildman–Crippen MR) is 128 cm³/mol. The van der Waals surface area contributed by atoms with Gasteiger partial charge in [-0.2, -0.15) is 0 Å². The van der Waals surface area contributed by atoms with Crippen molar-refractivity contribution >= 4 is 73.7 Å². The molecule has 9 heteroatoms. The molecule has 0 bridgehead atoms. The molecule has 0 saturated carbocycles. The van der Waals surface area contributed by atoms with E-state index in [-0.39, 0.29) is 29.7 Å². The average molecular weight is 601 g/mol. The molecule has 0 aliphatic carbocycles. The summed E-state index contributed by atoms with van der Waals surface area (Å²) in [6.45, 7) is 4.00. The van der Waals surface area contributed by atoms with Crippen LogP contribution in [-0.2, 0) is 16.2 Å². The highest BCUT2D eigenvalue weighted by molar-refractivity contribution is 14.1. The van der Waals surface area contributed by atoms with Gasteiger partial charge in [-0.25, -0.2) is 4.39 Å². The maximum Gasteiger partial charge on any atom is 0.265 e. The van der Waals surface area contributed by atoms with Crippen LogP contribution >= 0.6 is 50.7 Å².